The third-order valence-corrected chi connectivity index (χ3v) is 3.10. The molecule has 0 spiro atoms. The highest BCUT2D eigenvalue weighted by molar-refractivity contribution is 6.30. The van der Waals surface area contributed by atoms with E-state index in [1.165, 1.54) is 0 Å². The normalized spacial score (nSPS) is 12.1. The monoisotopic (exact) mass is 276 g/mol. The van der Waals surface area contributed by atoms with E-state index >= 15 is 0 Å². The lowest BCUT2D eigenvalue weighted by atomic mass is 10.1. The van der Waals surface area contributed by atoms with Crippen LogP contribution in [0, 0.1) is 0 Å². The van der Waals surface area contributed by atoms with Gasteiger partial charge in [0.15, 0.2) is 0 Å². The highest BCUT2D eigenvalue weighted by Gasteiger charge is 2.07. The van der Waals surface area contributed by atoms with E-state index in [4.69, 9.17) is 16.3 Å². The molecule has 2 nitrogen and oxygen atoms in total. The van der Waals surface area contributed by atoms with E-state index in [1.54, 1.807) is 12.1 Å². The van der Waals surface area contributed by atoms with Gasteiger partial charge in [-0.05, 0) is 42.7 Å². The number of aliphatic hydroxyl groups is 1. The number of para-hydroxylation sites is 1. The molecule has 0 heterocycles. The zero-order valence-corrected chi connectivity index (χ0v) is 11.4. The second-order valence-electron chi connectivity index (χ2n) is 4.37. The van der Waals surface area contributed by atoms with Crippen LogP contribution >= 0.6 is 11.6 Å². The summed E-state index contributed by atoms with van der Waals surface area (Å²) in [5, 5.41) is 10.7. The fraction of sp³-hybridized carbons (Fsp3) is 0.250. The van der Waals surface area contributed by atoms with Gasteiger partial charge in [0.05, 0.1) is 12.7 Å². The van der Waals surface area contributed by atoms with Crippen molar-refractivity contribution >= 4 is 11.6 Å². The smallest absolute Gasteiger partial charge is 0.119 e. The minimum atomic E-state index is -0.488. The molecule has 1 atom stereocenters. The Morgan fingerprint density at radius 1 is 1.05 bits per heavy atom. The third kappa shape index (κ3) is 4.58. The summed E-state index contributed by atoms with van der Waals surface area (Å²) in [6, 6.07) is 17.0. The van der Waals surface area contributed by atoms with Crippen LogP contribution in [-0.2, 0) is 0 Å². The number of aliphatic hydroxyl groups excluding tert-OH is 1. The molecule has 0 fully saturated rings. The van der Waals surface area contributed by atoms with Crippen LogP contribution in [0.1, 0.15) is 24.5 Å². The van der Waals surface area contributed by atoms with E-state index in [2.05, 4.69) is 0 Å². The Kier molecular flexibility index (Phi) is 5.25. The second kappa shape index (κ2) is 7.17. The van der Waals surface area contributed by atoms with Crippen molar-refractivity contribution in [2.24, 2.45) is 0 Å². The zero-order valence-electron chi connectivity index (χ0n) is 10.6. The fourth-order valence-corrected chi connectivity index (χ4v) is 2.06. The maximum absolute atomic E-state index is 10.0. The Morgan fingerprint density at radius 2 is 1.84 bits per heavy atom. The summed E-state index contributed by atoms with van der Waals surface area (Å²) in [7, 11) is 0. The number of hydrogen-bond acceptors (Lipinski definition) is 2. The topological polar surface area (TPSA) is 29.5 Å². The Labute approximate surface area is 118 Å². The first-order chi connectivity index (χ1) is 9.25. The van der Waals surface area contributed by atoms with Gasteiger partial charge < -0.3 is 9.84 Å². The molecule has 0 aliphatic rings. The number of benzene rings is 2. The molecule has 0 aromatic heterocycles. The minimum Gasteiger partial charge on any atom is -0.494 e. The van der Waals surface area contributed by atoms with Crippen LogP contribution in [0.2, 0.25) is 5.02 Å². The SMILES string of the molecule is OC(CCCOc1ccccc1)c1cccc(Cl)c1. The first kappa shape index (κ1) is 13.9. The van der Waals surface area contributed by atoms with Gasteiger partial charge in [-0.25, -0.2) is 0 Å². The van der Waals surface area contributed by atoms with Crippen LogP contribution in [0.5, 0.6) is 5.75 Å². The molecular weight excluding hydrogens is 260 g/mol. The zero-order chi connectivity index (χ0) is 13.5. The number of halogens is 1. The molecule has 0 bridgehead atoms. The van der Waals surface area contributed by atoms with Crippen LogP contribution in [0.4, 0.5) is 0 Å². The Morgan fingerprint density at radius 3 is 2.58 bits per heavy atom. The Hall–Kier alpha value is -1.51. The van der Waals surface area contributed by atoms with E-state index in [0.717, 1.165) is 17.7 Å². The number of ether oxygens (including phenoxy) is 1. The van der Waals surface area contributed by atoms with Gasteiger partial charge in [-0.15, -0.1) is 0 Å². The molecule has 3 heteroatoms. The first-order valence-electron chi connectivity index (χ1n) is 6.37. The molecule has 19 heavy (non-hydrogen) atoms. The lowest BCUT2D eigenvalue weighted by Gasteiger charge is -2.11. The second-order valence-corrected chi connectivity index (χ2v) is 4.81. The highest BCUT2D eigenvalue weighted by Crippen LogP contribution is 2.21. The molecule has 0 amide bonds. The molecule has 0 saturated carbocycles. The molecule has 2 aromatic rings. The van der Waals surface area contributed by atoms with Gasteiger partial charge in [0.1, 0.15) is 5.75 Å². The van der Waals surface area contributed by atoms with Crippen molar-refractivity contribution in [3.63, 3.8) is 0 Å². The Balaban J connectivity index is 1.74. The summed E-state index contributed by atoms with van der Waals surface area (Å²) in [6.07, 6.45) is 0.966. The summed E-state index contributed by atoms with van der Waals surface area (Å²) in [6.45, 7) is 0.599. The third-order valence-electron chi connectivity index (χ3n) is 2.87. The van der Waals surface area contributed by atoms with Gasteiger partial charge in [0.2, 0.25) is 0 Å². The van der Waals surface area contributed by atoms with E-state index in [1.807, 2.05) is 42.5 Å². The summed E-state index contributed by atoms with van der Waals surface area (Å²) < 4.78 is 5.58. The van der Waals surface area contributed by atoms with E-state index in [0.29, 0.717) is 18.1 Å². The van der Waals surface area contributed by atoms with Gasteiger partial charge in [-0.2, -0.15) is 0 Å². The molecule has 0 aliphatic heterocycles. The van der Waals surface area contributed by atoms with Crippen molar-refractivity contribution < 1.29 is 9.84 Å². The maximum atomic E-state index is 10.0. The molecule has 0 radical (unpaired) electrons. The van der Waals surface area contributed by atoms with Gasteiger partial charge in [-0.1, -0.05) is 41.9 Å². The molecular formula is C16H17ClO2. The molecule has 1 N–H and O–H groups in total. The van der Waals surface area contributed by atoms with Crippen molar-refractivity contribution in [2.45, 2.75) is 18.9 Å². The highest BCUT2D eigenvalue weighted by atomic mass is 35.5. The number of hydrogen-bond donors (Lipinski definition) is 1. The average Bonchev–Trinajstić information content (AvgIpc) is 2.44. The van der Waals surface area contributed by atoms with E-state index in [-0.39, 0.29) is 0 Å². The number of rotatable bonds is 6. The first-order valence-corrected chi connectivity index (χ1v) is 6.75. The van der Waals surface area contributed by atoms with Crippen LogP contribution in [-0.4, -0.2) is 11.7 Å². The van der Waals surface area contributed by atoms with Gasteiger partial charge in [-0.3, -0.25) is 0 Å². The van der Waals surface area contributed by atoms with E-state index in [9.17, 15) is 5.11 Å². The Bertz CT molecular complexity index is 499. The summed E-state index contributed by atoms with van der Waals surface area (Å²) in [5.74, 6) is 0.861. The largest absolute Gasteiger partial charge is 0.494 e. The van der Waals surface area contributed by atoms with Crippen molar-refractivity contribution in [2.75, 3.05) is 6.61 Å². The van der Waals surface area contributed by atoms with E-state index < -0.39 is 6.10 Å². The molecule has 0 aliphatic carbocycles. The molecule has 0 saturated heterocycles. The summed E-state index contributed by atoms with van der Waals surface area (Å²) >= 11 is 5.89. The molecule has 100 valence electrons. The van der Waals surface area contributed by atoms with Crippen LogP contribution in [0.25, 0.3) is 0 Å². The van der Waals surface area contributed by atoms with Crippen LogP contribution in [0.3, 0.4) is 0 Å². The predicted molar refractivity (Wildman–Crippen MR) is 77.6 cm³/mol. The molecule has 2 rings (SSSR count). The summed E-state index contributed by atoms with van der Waals surface area (Å²) in [4.78, 5) is 0. The quantitative estimate of drug-likeness (QED) is 0.800. The standard InChI is InChI=1S/C16H17ClO2/c17-14-7-4-6-13(12-14)16(18)10-5-11-19-15-8-2-1-3-9-15/h1-4,6-9,12,16,18H,5,10-11H2. The van der Waals surface area contributed by atoms with Gasteiger partial charge >= 0.3 is 0 Å². The lowest BCUT2D eigenvalue weighted by Crippen LogP contribution is -2.02. The van der Waals surface area contributed by atoms with Crippen LogP contribution in [0.15, 0.2) is 54.6 Å². The van der Waals surface area contributed by atoms with Gasteiger partial charge in [0.25, 0.3) is 0 Å². The van der Waals surface area contributed by atoms with Crippen molar-refractivity contribution in [1.82, 2.24) is 0 Å². The van der Waals surface area contributed by atoms with Crippen molar-refractivity contribution in [3.8, 4) is 5.75 Å². The van der Waals surface area contributed by atoms with Gasteiger partial charge in [0, 0.05) is 5.02 Å². The van der Waals surface area contributed by atoms with Crippen LogP contribution < -0.4 is 4.74 Å². The van der Waals surface area contributed by atoms with Crippen molar-refractivity contribution in [1.29, 1.82) is 0 Å². The maximum Gasteiger partial charge on any atom is 0.119 e. The molecule has 1 unspecified atom stereocenters. The lowest BCUT2D eigenvalue weighted by molar-refractivity contribution is 0.155. The van der Waals surface area contributed by atoms with Crippen molar-refractivity contribution in [3.05, 3.63) is 65.2 Å². The predicted octanol–water partition coefficient (Wildman–Crippen LogP) is 4.23. The summed E-state index contributed by atoms with van der Waals surface area (Å²) in [5.41, 5.74) is 0.854. The molecule has 2 aromatic carbocycles. The average molecular weight is 277 g/mol. The fourth-order valence-electron chi connectivity index (χ4n) is 1.86. The minimum absolute atomic E-state index is 0.488.